The lowest BCUT2D eigenvalue weighted by Crippen LogP contribution is -2.40. The van der Waals surface area contributed by atoms with Crippen LogP contribution in [0, 0.1) is 5.92 Å². The van der Waals surface area contributed by atoms with Crippen molar-refractivity contribution in [2.75, 3.05) is 13.7 Å². The van der Waals surface area contributed by atoms with Gasteiger partial charge in [0.05, 0.1) is 17.6 Å². The number of methoxy groups -OCH3 is 1. The lowest BCUT2D eigenvalue weighted by atomic mass is 10.1. The van der Waals surface area contributed by atoms with E-state index in [1.807, 2.05) is 0 Å². The predicted molar refractivity (Wildman–Crippen MR) is 90.5 cm³/mol. The van der Waals surface area contributed by atoms with Gasteiger partial charge in [-0.1, -0.05) is 18.0 Å². The molecule has 0 saturated heterocycles. The molecule has 1 aromatic rings. The second kappa shape index (κ2) is 8.30. The highest BCUT2D eigenvalue weighted by Crippen LogP contribution is 2.28. The van der Waals surface area contributed by atoms with Crippen molar-refractivity contribution in [2.24, 2.45) is 11.7 Å². The molecular formula is C14H20Cl2N2O4S. The molecule has 23 heavy (non-hydrogen) atoms. The molecule has 0 bridgehead atoms. The van der Waals surface area contributed by atoms with Crippen molar-refractivity contribution in [3.05, 3.63) is 28.8 Å². The lowest BCUT2D eigenvalue weighted by molar-refractivity contribution is 0.0596. The maximum atomic E-state index is 12.6. The Morgan fingerprint density at radius 2 is 2.13 bits per heavy atom. The van der Waals surface area contributed by atoms with Crippen molar-refractivity contribution in [1.82, 2.24) is 4.72 Å². The number of nitrogens with one attached hydrogen (secondary N) is 1. The first-order valence-electron chi connectivity index (χ1n) is 6.99. The number of benzene rings is 1. The van der Waals surface area contributed by atoms with Gasteiger partial charge in [0, 0.05) is 11.1 Å². The van der Waals surface area contributed by atoms with E-state index in [9.17, 15) is 13.2 Å². The molecule has 0 spiro atoms. The van der Waals surface area contributed by atoms with Gasteiger partial charge in [-0.3, -0.25) is 0 Å². The van der Waals surface area contributed by atoms with Crippen LogP contribution in [0.2, 0.25) is 5.02 Å². The molecule has 1 fully saturated rings. The molecule has 2 rings (SSSR count). The van der Waals surface area contributed by atoms with E-state index in [0.717, 1.165) is 19.3 Å². The van der Waals surface area contributed by atoms with Crippen LogP contribution in [0.15, 0.2) is 23.1 Å². The largest absolute Gasteiger partial charge is 0.465 e. The van der Waals surface area contributed by atoms with Gasteiger partial charge in [0.2, 0.25) is 10.0 Å². The van der Waals surface area contributed by atoms with E-state index >= 15 is 0 Å². The highest BCUT2D eigenvalue weighted by Gasteiger charge is 2.32. The lowest BCUT2D eigenvalue weighted by Gasteiger charge is -2.20. The van der Waals surface area contributed by atoms with E-state index in [4.69, 9.17) is 17.3 Å². The van der Waals surface area contributed by atoms with Crippen molar-refractivity contribution in [2.45, 2.75) is 30.2 Å². The fraction of sp³-hybridized carbons (Fsp3) is 0.500. The number of carbonyl (C=O) groups excluding carboxylic acids is 1. The number of hydrogen-bond donors (Lipinski definition) is 2. The zero-order valence-electron chi connectivity index (χ0n) is 12.6. The van der Waals surface area contributed by atoms with Gasteiger partial charge in [-0.15, -0.1) is 12.4 Å². The number of esters is 1. The monoisotopic (exact) mass is 382 g/mol. The molecule has 2 unspecified atom stereocenters. The van der Waals surface area contributed by atoms with Crippen molar-refractivity contribution >= 4 is 40.0 Å². The van der Waals surface area contributed by atoms with Crippen molar-refractivity contribution < 1.29 is 17.9 Å². The van der Waals surface area contributed by atoms with E-state index in [-0.39, 0.29) is 39.8 Å². The third-order valence-electron chi connectivity index (χ3n) is 3.91. The van der Waals surface area contributed by atoms with Crippen LogP contribution < -0.4 is 10.5 Å². The number of carbonyl (C=O) groups is 1. The van der Waals surface area contributed by atoms with E-state index in [1.165, 1.54) is 25.3 Å². The van der Waals surface area contributed by atoms with Crippen molar-refractivity contribution in [1.29, 1.82) is 0 Å². The molecular weight excluding hydrogens is 363 g/mol. The highest BCUT2D eigenvalue weighted by molar-refractivity contribution is 7.89. The molecule has 9 heteroatoms. The zero-order chi connectivity index (χ0) is 16.3. The Morgan fingerprint density at radius 3 is 2.74 bits per heavy atom. The molecule has 0 aliphatic heterocycles. The summed E-state index contributed by atoms with van der Waals surface area (Å²) in [6.07, 6.45) is 2.55. The van der Waals surface area contributed by atoms with Gasteiger partial charge in [0.25, 0.3) is 0 Å². The second-order valence-corrected chi connectivity index (χ2v) is 7.41. The molecule has 2 atom stereocenters. The Kier molecular flexibility index (Phi) is 7.29. The number of ether oxygens (including phenoxy) is 1. The van der Waals surface area contributed by atoms with E-state index in [0.29, 0.717) is 6.54 Å². The molecule has 130 valence electrons. The smallest absolute Gasteiger partial charge is 0.339 e. The maximum absolute atomic E-state index is 12.6. The van der Waals surface area contributed by atoms with Crippen LogP contribution in [0.4, 0.5) is 0 Å². The molecule has 0 aromatic heterocycles. The van der Waals surface area contributed by atoms with Gasteiger partial charge in [-0.05, 0) is 43.5 Å². The van der Waals surface area contributed by atoms with Crippen LogP contribution in [0.3, 0.4) is 0 Å². The summed E-state index contributed by atoms with van der Waals surface area (Å²) in [5.41, 5.74) is 5.64. The molecule has 6 nitrogen and oxygen atoms in total. The number of halogens is 2. The fourth-order valence-electron chi connectivity index (χ4n) is 2.73. The first-order chi connectivity index (χ1) is 10.4. The predicted octanol–water partition coefficient (Wildman–Crippen LogP) is 1.95. The number of sulfonamides is 1. The SMILES string of the molecule is COC(=O)c1ccc(Cl)cc1S(=O)(=O)NC1CCCC1CN.Cl. The van der Waals surface area contributed by atoms with Gasteiger partial charge < -0.3 is 10.5 Å². The molecule has 0 heterocycles. The summed E-state index contributed by atoms with van der Waals surface area (Å²) in [4.78, 5) is 11.6. The van der Waals surface area contributed by atoms with E-state index < -0.39 is 16.0 Å². The molecule has 0 radical (unpaired) electrons. The third-order valence-corrected chi connectivity index (χ3v) is 5.67. The number of hydrogen-bond acceptors (Lipinski definition) is 5. The summed E-state index contributed by atoms with van der Waals surface area (Å²) in [7, 11) is -2.69. The van der Waals surface area contributed by atoms with Gasteiger partial charge in [-0.25, -0.2) is 17.9 Å². The van der Waals surface area contributed by atoms with Gasteiger partial charge >= 0.3 is 5.97 Å². The zero-order valence-corrected chi connectivity index (χ0v) is 15.0. The standard InChI is InChI=1S/C14H19ClN2O4S.ClH/c1-21-14(18)11-6-5-10(15)7-13(11)22(19,20)17-12-4-2-3-9(12)8-16;/h5-7,9,12,17H,2-4,8,16H2,1H3;1H. The number of nitrogens with two attached hydrogens (primary N) is 1. The van der Waals surface area contributed by atoms with Crippen LogP contribution in [-0.2, 0) is 14.8 Å². The first kappa shape index (κ1) is 20.2. The molecule has 1 aliphatic carbocycles. The summed E-state index contributed by atoms with van der Waals surface area (Å²) in [6.45, 7) is 0.423. The minimum Gasteiger partial charge on any atom is -0.465 e. The maximum Gasteiger partial charge on any atom is 0.339 e. The van der Waals surface area contributed by atoms with Crippen LogP contribution in [0.25, 0.3) is 0 Å². The first-order valence-corrected chi connectivity index (χ1v) is 8.85. The third kappa shape index (κ3) is 4.58. The normalized spacial score (nSPS) is 20.8. The van der Waals surface area contributed by atoms with Crippen LogP contribution in [0.5, 0.6) is 0 Å². The quantitative estimate of drug-likeness (QED) is 0.758. The van der Waals surface area contributed by atoms with Crippen molar-refractivity contribution in [3.63, 3.8) is 0 Å². The van der Waals surface area contributed by atoms with Gasteiger partial charge in [0.15, 0.2) is 0 Å². The topological polar surface area (TPSA) is 98.5 Å². The summed E-state index contributed by atoms with van der Waals surface area (Å²) in [6, 6.07) is 3.82. The Bertz CT molecular complexity index is 667. The Labute approximate surface area is 147 Å². The highest BCUT2D eigenvalue weighted by atomic mass is 35.5. The van der Waals surface area contributed by atoms with Crippen LogP contribution in [-0.4, -0.2) is 34.1 Å². The van der Waals surface area contributed by atoms with Gasteiger partial charge in [0.1, 0.15) is 0 Å². The summed E-state index contributed by atoms with van der Waals surface area (Å²) >= 11 is 5.88. The van der Waals surface area contributed by atoms with E-state index in [2.05, 4.69) is 9.46 Å². The number of rotatable bonds is 5. The molecule has 0 amide bonds. The minimum absolute atomic E-state index is 0. The van der Waals surface area contributed by atoms with E-state index in [1.54, 1.807) is 0 Å². The molecule has 3 N–H and O–H groups in total. The summed E-state index contributed by atoms with van der Waals surface area (Å²) < 4.78 is 32.5. The van der Waals surface area contributed by atoms with Crippen molar-refractivity contribution in [3.8, 4) is 0 Å². The Balaban J connectivity index is 0.00000264. The van der Waals surface area contributed by atoms with Crippen LogP contribution in [0.1, 0.15) is 29.6 Å². The molecule has 1 aliphatic rings. The average Bonchev–Trinajstić information content (AvgIpc) is 2.92. The van der Waals surface area contributed by atoms with Crippen LogP contribution >= 0.6 is 24.0 Å². The Hall–Kier alpha value is -0.860. The Morgan fingerprint density at radius 1 is 1.43 bits per heavy atom. The molecule has 1 saturated carbocycles. The minimum atomic E-state index is -3.89. The fourth-order valence-corrected chi connectivity index (χ4v) is 4.53. The summed E-state index contributed by atoms with van der Waals surface area (Å²) in [5, 5.41) is 0.231. The summed E-state index contributed by atoms with van der Waals surface area (Å²) in [5.74, 6) is -0.616. The average molecular weight is 383 g/mol. The second-order valence-electron chi connectivity index (χ2n) is 5.29. The van der Waals surface area contributed by atoms with Gasteiger partial charge in [-0.2, -0.15) is 0 Å². The molecule has 1 aromatic carbocycles.